The minimum atomic E-state index is 0. The van der Waals surface area contributed by atoms with E-state index in [-0.39, 0.29) is 17.0 Å². The minimum absolute atomic E-state index is 0. The van der Waals surface area contributed by atoms with Crippen LogP contribution in [0.5, 0.6) is 0 Å². The lowest BCUT2D eigenvalue weighted by Crippen LogP contribution is -3.00. The molecule has 4 rings (SSSR count). The zero-order chi connectivity index (χ0) is 15.5. The van der Waals surface area contributed by atoms with Crippen molar-refractivity contribution < 1.29 is 17.0 Å². The van der Waals surface area contributed by atoms with Gasteiger partial charge in [0, 0.05) is 25.5 Å². The molecule has 1 aliphatic rings. The monoisotopic (exact) mass is 379 g/mol. The first kappa shape index (κ1) is 16.6. The van der Waals surface area contributed by atoms with Crippen LogP contribution in [-0.4, -0.2) is 16.5 Å². The zero-order valence-electron chi connectivity index (χ0n) is 13.5. The molecule has 0 N–H and O–H groups in total. The quantitative estimate of drug-likeness (QED) is 0.679. The number of hydrogen-bond donors (Lipinski definition) is 0. The lowest BCUT2D eigenvalue weighted by molar-refractivity contribution is -0.00000454. The number of benzene rings is 3. The molecule has 0 fully saturated rings. The van der Waals surface area contributed by atoms with Gasteiger partial charge in [-0.1, -0.05) is 66.7 Å². The second-order valence-corrected chi connectivity index (χ2v) is 6.10. The summed E-state index contributed by atoms with van der Waals surface area (Å²) < 4.78 is 0. The molecule has 0 amide bonds. The number of nitrogens with zero attached hydrogens (tertiary/aromatic N) is 2. The van der Waals surface area contributed by atoms with Gasteiger partial charge in [0.05, 0.1) is 6.67 Å². The highest BCUT2D eigenvalue weighted by Crippen LogP contribution is 2.19. The molecule has 1 heterocycles. The average molecular weight is 380 g/mol. The molecular weight excluding hydrogens is 360 g/mol. The van der Waals surface area contributed by atoms with Crippen LogP contribution in [0.25, 0.3) is 10.8 Å². The Bertz CT molecular complexity index is 829. The van der Waals surface area contributed by atoms with Crippen LogP contribution in [0.4, 0.5) is 0 Å². The van der Waals surface area contributed by atoms with Gasteiger partial charge >= 0.3 is 0 Å². The van der Waals surface area contributed by atoms with Gasteiger partial charge in [0.15, 0.2) is 0 Å². The normalized spacial score (nSPS) is 13.3. The lowest BCUT2D eigenvalue weighted by Gasteiger charge is -2.21. The molecule has 122 valence electrons. The highest BCUT2D eigenvalue weighted by molar-refractivity contribution is 5.82. The second-order valence-electron chi connectivity index (χ2n) is 6.10. The minimum Gasteiger partial charge on any atom is -1.00 e. The zero-order valence-corrected chi connectivity index (χ0v) is 15.1. The summed E-state index contributed by atoms with van der Waals surface area (Å²) in [6, 6.07) is 25.9. The first-order valence-electron chi connectivity index (χ1n) is 8.05. The van der Waals surface area contributed by atoms with Crippen LogP contribution in [-0.2, 0) is 13.1 Å². The Morgan fingerprint density at radius 1 is 0.625 bits per heavy atom. The summed E-state index contributed by atoms with van der Waals surface area (Å²) in [5.41, 5.74) is 2.71. The van der Waals surface area contributed by atoms with Gasteiger partial charge in [0.25, 0.3) is 0 Å². The highest BCUT2D eigenvalue weighted by atomic mass is 79.9. The smallest absolute Gasteiger partial charge is 0.0900 e. The van der Waals surface area contributed by atoms with E-state index in [1.54, 1.807) is 0 Å². The van der Waals surface area contributed by atoms with E-state index in [0.29, 0.717) is 0 Å². The maximum absolute atomic E-state index is 2.35. The van der Waals surface area contributed by atoms with E-state index in [4.69, 9.17) is 0 Å². The van der Waals surface area contributed by atoms with Crippen molar-refractivity contribution in [2.45, 2.75) is 13.1 Å². The van der Waals surface area contributed by atoms with Crippen LogP contribution in [0.2, 0.25) is 0 Å². The molecule has 3 heteroatoms. The predicted molar refractivity (Wildman–Crippen MR) is 95.5 cm³/mol. The third-order valence-electron chi connectivity index (χ3n) is 4.28. The molecule has 24 heavy (non-hydrogen) atoms. The summed E-state index contributed by atoms with van der Waals surface area (Å²) in [6.07, 6.45) is 4.38. The Hall–Kier alpha value is -2.26. The molecule has 0 unspecified atom stereocenters. The summed E-state index contributed by atoms with van der Waals surface area (Å²) >= 11 is 0. The Morgan fingerprint density at radius 2 is 1.25 bits per heavy atom. The van der Waals surface area contributed by atoms with E-state index in [1.165, 1.54) is 21.9 Å². The Kier molecular flexibility index (Phi) is 5.21. The van der Waals surface area contributed by atoms with Crippen molar-refractivity contribution in [2.75, 3.05) is 6.67 Å². The molecule has 0 saturated heterocycles. The fourth-order valence-corrected chi connectivity index (χ4v) is 3.11. The average Bonchev–Trinajstić information content (AvgIpc) is 3.02. The van der Waals surface area contributed by atoms with Crippen LogP contribution in [0.3, 0.4) is 0 Å². The van der Waals surface area contributed by atoms with Crippen LogP contribution in [0, 0.1) is 0 Å². The molecule has 3 aromatic rings. The SMILES string of the molecule is C1=CN(Cc2ccc3ccccc3c2)CN1Cc1ccccc1.[Br-]. The van der Waals surface area contributed by atoms with E-state index in [2.05, 4.69) is 95.0 Å². The van der Waals surface area contributed by atoms with Crippen LogP contribution >= 0.6 is 0 Å². The molecule has 0 bridgehead atoms. The van der Waals surface area contributed by atoms with Crippen molar-refractivity contribution in [2.24, 2.45) is 0 Å². The van der Waals surface area contributed by atoms with Gasteiger partial charge in [-0.25, -0.2) is 0 Å². The second kappa shape index (κ2) is 7.54. The summed E-state index contributed by atoms with van der Waals surface area (Å²) in [4.78, 5) is 4.70. The third-order valence-corrected chi connectivity index (χ3v) is 4.28. The van der Waals surface area contributed by atoms with E-state index < -0.39 is 0 Å². The fraction of sp³-hybridized carbons (Fsp3) is 0.143. The molecule has 0 aromatic heterocycles. The predicted octanol–water partition coefficient (Wildman–Crippen LogP) is 1.59. The molecule has 0 atom stereocenters. The Labute approximate surface area is 153 Å². The van der Waals surface area contributed by atoms with Crippen LogP contribution < -0.4 is 17.0 Å². The molecule has 3 aromatic carbocycles. The third kappa shape index (κ3) is 3.80. The summed E-state index contributed by atoms with van der Waals surface area (Å²) in [5, 5.41) is 2.62. The van der Waals surface area contributed by atoms with Crippen molar-refractivity contribution in [3.8, 4) is 0 Å². The van der Waals surface area contributed by atoms with Crippen molar-refractivity contribution in [1.29, 1.82) is 0 Å². The van der Waals surface area contributed by atoms with E-state index in [0.717, 1.165) is 19.8 Å². The first-order chi connectivity index (χ1) is 11.4. The van der Waals surface area contributed by atoms with Crippen molar-refractivity contribution in [3.05, 3.63) is 96.3 Å². The first-order valence-corrected chi connectivity index (χ1v) is 8.05. The molecule has 0 spiro atoms. The number of fused-ring (bicyclic) bond motifs is 1. The maximum Gasteiger partial charge on any atom is 0.0900 e. The van der Waals surface area contributed by atoms with Crippen LogP contribution in [0.1, 0.15) is 11.1 Å². The fourth-order valence-electron chi connectivity index (χ4n) is 3.11. The van der Waals surface area contributed by atoms with Gasteiger partial charge < -0.3 is 26.8 Å². The summed E-state index contributed by atoms with van der Waals surface area (Å²) in [5.74, 6) is 0. The van der Waals surface area contributed by atoms with Gasteiger partial charge in [0.2, 0.25) is 0 Å². The molecular formula is C21H20BrN2-. The Morgan fingerprint density at radius 3 is 2.00 bits per heavy atom. The molecule has 0 saturated carbocycles. The topological polar surface area (TPSA) is 6.48 Å². The molecule has 2 nitrogen and oxygen atoms in total. The van der Waals surface area contributed by atoms with Gasteiger partial charge in [-0.15, -0.1) is 0 Å². The standard InChI is InChI=1S/C21H20N2.BrH/c1-2-6-18(7-3-1)15-22-12-13-23(17-22)16-19-10-11-20-8-4-5-9-21(20)14-19;/h1-14H,15-17H2;1H/p-1. The molecule has 0 radical (unpaired) electrons. The highest BCUT2D eigenvalue weighted by Gasteiger charge is 2.12. The number of rotatable bonds is 4. The van der Waals surface area contributed by atoms with Gasteiger partial charge in [-0.2, -0.15) is 0 Å². The number of hydrogen-bond acceptors (Lipinski definition) is 2. The van der Waals surface area contributed by atoms with Crippen molar-refractivity contribution in [3.63, 3.8) is 0 Å². The molecule has 0 aliphatic carbocycles. The Balaban J connectivity index is 0.00000169. The van der Waals surface area contributed by atoms with Crippen molar-refractivity contribution >= 4 is 10.8 Å². The van der Waals surface area contributed by atoms with Gasteiger partial charge in [0.1, 0.15) is 0 Å². The summed E-state index contributed by atoms with van der Waals surface area (Å²) in [7, 11) is 0. The van der Waals surface area contributed by atoms with Crippen molar-refractivity contribution in [1.82, 2.24) is 9.80 Å². The maximum atomic E-state index is 2.35. The van der Waals surface area contributed by atoms with Crippen LogP contribution in [0.15, 0.2) is 85.2 Å². The number of halogens is 1. The van der Waals surface area contributed by atoms with E-state index >= 15 is 0 Å². The van der Waals surface area contributed by atoms with Gasteiger partial charge in [-0.3, -0.25) is 0 Å². The van der Waals surface area contributed by atoms with E-state index in [9.17, 15) is 0 Å². The summed E-state index contributed by atoms with van der Waals surface area (Å²) in [6.45, 7) is 2.86. The van der Waals surface area contributed by atoms with E-state index in [1.807, 2.05) is 0 Å². The molecule has 1 aliphatic heterocycles. The lowest BCUT2D eigenvalue weighted by atomic mass is 10.1. The largest absolute Gasteiger partial charge is 1.00 e. The van der Waals surface area contributed by atoms with Gasteiger partial charge in [-0.05, 0) is 28.0 Å².